The van der Waals surface area contributed by atoms with Gasteiger partial charge in [-0.3, -0.25) is 4.79 Å². The molecule has 2 fully saturated rings. The lowest BCUT2D eigenvalue weighted by molar-refractivity contribution is 0.0795. The molecule has 1 aromatic carbocycles. The topological polar surface area (TPSA) is 84.1 Å². The van der Waals surface area contributed by atoms with Gasteiger partial charge in [-0.05, 0) is 87.1 Å². The molecule has 3 aromatic heterocycles. The van der Waals surface area contributed by atoms with Crippen molar-refractivity contribution < 1.29 is 0 Å². The fraction of sp³-hybridized carbons (Fsp3) is 0.438. The number of hydrogen-bond donors (Lipinski definition) is 1. The van der Waals surface area contributed by atoms with E-state index in [1.165, 1.54) is 37.2 Å². The van der Waals surface area contributed by atoms with Crippen molar-refractivity contribution in [3.8, 4) is 5.82 Å². The molecule has 3 aliphatic rings. The van der Waals surface area contributed by atoms with Crippen molar-refractivity contribution in [2.75, 3.05) is 42.9 Å². The molecular formula is C32H38N8O. The summed E-state index contributed by atoms with van der Waals surface area (Å²) in [4.78, 5) is 32.6. The van der Waals surface area contributed by atoms with Crippen LogP contribution in [0.5, 0.6) is 0 Å². The number of hydrogen-bond acceptors (Lipinski definition) is 7. The van der Waals surface area contributed by atoms with E-state index in [-0.39, 0.29) is 5.56 Å². The zero-order valence-corrected chi connectivity index (χ0v) is 24.0. The summed E-state index contributed by atoms with van der Waals surface area (Å²) in [6.45, 7) is 14.6. The van der Waals surface area contributed by atoms with E-state index >= 15 is 0 Å². The van der Waals surface area contributed by atoms with Crippen LogP contribution in [0.4, 0.5) is 17.3 Å². The molecule has 0 amide bonds. The number of anilines is 3. The minimum absolute atomic E-state index is 0.154. The Morgan fingerprint density at radius 3 is 2.61 bits per heavy atom. The van der Waals surface area contributed by atoms with Gasteiger partial charge in [-0.25, -0.2) is 19.3 Å². The Kier molecular flexibility index (Phi) is 6.42. The van der Waals surface area contributed by atoms with E-state index in [1.54, 1.807) is 17.0 Å². The molecule has 1 atom stereocenters. The molecule has 0 bridgehead atoms. The van der Waals surface area contributed by atoms with Gasteiger partial charge in [-0.15, -0.1) is 6.58 Å². The molecule has 1 spiro atoms. The van der Waals surface area contributed by atoms with Crippen molar-refractivity contribution in [2.24, 2.45) is 5.41 Å². The molecule has 0 saturated carbocycles. The molecule has 212 valence electrons. The minimum atomic E-state index is -0.154. The standard InChI is InChI=1S/C32H38N8O/c1-4-16-39-30(41)26-19-33-31(36-29(26)40(39)27-13-8-23-7-6-22(3)28(23)35-27)34-24-9-11-25(12-10-24)38-20-32(21-38)14-17-37(5-2)18-15-32/h4,8-13,19,22H,1,5-7,14-18,20-21H2,2-3H3,(H,33,34,36). The van der Waals surface area contributed by atoms with Crippen LogP contribution in [0.3, 0.4) is 0 Å². The lowest BCUT2D eigenvalue weighted by Crippen LogP contribution is -2.60. The van der Waals surface area contributed by atoms with Gasteiger partial charge >= 0.3 is 0 Å². The van der Waals surface area contributed by atoms with Crippen LogP contribution in [0.1, 0.15) is 50.3 Å². The summed E-state index contributed by atoms with van der Waals surface area (Å²) in [6.07, 6.45) is 8.07. The molecule has 1 aliphatic carbocycles. The van der Waals surface area contributed by atoms with Gasteiger partial charge in [0.15, 0.2) is 11.5 Å². The number of rotatable bonds is 7. The van der Waals surface area contributed by atoms with Gasteiger partial charge in [-0.2, -0.15) is 4.98 Å². The first-order valence-corrected chi connectivity index (χ1v) is 14.9. The van der Waals surface area contributed by atoms with Crippen molar-refractivity contribution >= 4 is 28.4 Å². The van der Waals surface area contributed by atoms with Crippen LogP contribution in [-0.4, -0.2) is 61.9 Å². The lowest BCUT2D eigenvalue weighted by atomic mass is 9.72. The van der Waals surface area contributed by atoms with E-state index in [1.807, 2.05) is 10.7 Å². The first-order chi connectivity index (χ1) is 20.0. The second-order valence-corrected chi connectivity index (χ2v) is 12.0. The number of fused-ring (bicyclic) bond motifs is 2. The third-order valence-electron chi connectivity index (χ3n) is 9.41. The Labute approximate surface area is 240 Å². The molecule has 41 heavy (non-hydrogen) atoms. The second kappa shape index (κ2) is 10.1. The number of nitrogens with one attached hydrogen (secondary N) is 1. The number of benzene rings is 1. The quantitative estimate of drug-likeness (QED) is 0.329. The summed E-state index contributed by atoms with van der Waals surface area (Å²) in [6, 6.07) is 12.6. The van der Waals surface area contributed by atoms with Crippen molar-refractivity contribution in [1.29, 1.82) is 0 Å². The van der Waals surface area contributed by atoms with Crippen LogP contribution in [-0.2, 0) is 13.0 Å². The van der Waals surface area contributed by atoms with Gasteiger partial charge in [0, 0.05) is 41.8 Å². The zero-order chi connectivity index (χ0) is 28.1. The molecule has 9 nitrogen and oxygen atoms in total. The highest BCUT2D eigenvalue weighted by Gasteiger charge is 2.44. The third kappa shape index (κ3) is 4.52. The number of piperidine rings is 1. The Hall–Kier alpha value is -3.98. The van der Waals surface area contributed by atoms with Gasteiger partial charge < -0.3 is 15.1 Å². The van der Waals surface area contributed by atoms with Crippen molar-refractivity contribution in [2.45, 2.75) is 52.0 Å². The number of nitrogens with zero attached hydrogens (tertiary/aromatic N) is 7. The number of aromatic nitrogens is 5. The first-order valence-electron chi connectivity index (χ1n) is 14.9. The summed E-state index contributed by atoms with van der Waals surface area (Å²) < 4.78 is 3.44. The van der Waals surface area contributed by atoms with Gasteiger partial charge in [0.1, 0.15) is 5.39 Å². The number of aryl methyl sites for hydroxylation is 1. The number of likely N-dealkylation sites (tertiary alicyclic amines) is 1. The largest absolute Gasteiger partial charge is 0.370 e. The highest BCUT2D eigenvalue weighted by Crippen LogP contribution is 2.42. The van der Waals surface area contributed by atoms with Crippen LogP contribution in [0.2, 0.25) is 0 Å². The molecule has 5 heterocycles. The van der Waals surface area contributed by atoms with Gasteiger partial charge in [0.25, 0.3) is 5.56 Å². The smallest absolute Gasteiger partial charge is 0.278 e. The van der Waals surface area contributed by atoms with E-state index in [4.69, 9.17) is 9.97 Å². The Balaban J connectivity index is 1.13. The Morgan fingerprint density at radius 1 is 1.10 bits per heavy atom. The van der Waals surface area contributed by atoms with Crippen molar-refractivity contribution in [3.63, 3.8) is 0 Å². The molecule has 0 radical (unpaired) electrons. The maximum absolute atomic E-state index is 13.3. The molecule has 2 aliphatic heterocycles. The zero-order valence-electron chi connectivity index (χ0n) is 24.0. The molecule has 1 N–H and O–H groups in total. The van der Waals surface area contributed by atoms with Crippen LogP contribution in [0, 0.1) is 5.41 Å². The normalized spacial score (nSPS) is 19.9. The van der Waals surface area contributed by atoms with Crippen molar-refractivity contribution in [1.82, 2.24) is 29.2 Å². The van der Waals surface area contributed by atoms with Gasteiger partial charge in [0.2, 0.25) is 5.95 Å². The minimum Gasteiger partial charge on any atom is -0.370 e. The third-order valence-corrected chi connectivity index (χ3v) is 9.41. The molecule has 4 aromatic rings. The van der Waals surface area contributed by atoms with E-state index < -0.39 is 0 Å². The summed E-state index contributed by atoms with van der Waals surface area (Å²) in [5.74, 6) is 1.53. The van der Waals surface area contributed by atoms with E-state index in [2.05, 4.69) is 70.9 Å². The fourth-order valence-corrected chi connectivity index (χ4v) is 6.86. The van der Waals surface area contributed by atoms with Crippen LogP contribution >= 0.6 is 0 Å². The highest BCUT2D eigenvalue weighted by molar-refractivity contribution is 5.77. The van der Waals surface area contributed by atoms with E-state index in [9.17, 15) is 4.79 Å². The Morgan fingerprint density at radius 2 is 1.88 bits per heavy atom. The van der Waals surface area contributed by atoms with Crippen molar-refractivity contribution in [3.05, 3.63) is 76.9 Å². The molecule has 1 unspecified atom stereocenters. The highest BCUT2D eigenvalue weighted by atomic mass is 16.1. The Bertz CT molecular complexity index is 1650. The maximum Gasteiger partial charge on any atom is 0.278 e. The van der Waals surface area contributed by atoms with Gasteiger partial charge in [-0.1, -0.05) is 26.0 Å². The number of allylic oxidation sites excluding steroid dienone is 1. The average Bonchev–Trinajstić information content (AvgIpc) is 3.48. The van der Waals surface area contributed by atoms with Gasteiger partial charge in [0.05, 0.1) is 6.54 Å². The van der Waals surface area contributed by atoms with Crippen LogP contribution in [0.25, 0.3) is 16.9 Å². The number of pyridine rings is 1. The average molecular weight is 551 g/mol. The van der Waals surface area contributed by atoms with Crippen LogP contribution in [0.15, 0.2) is 60.0 Å². The second-order valence-electron chi connectivity index (χ2n) is 12.0. The monoisotopic (exact) mass is 550 g/mol. The predicted octanol–water partition coefficient (Wildman–Crippen LogP) is 4.88. The molecular weight excluding hydrogens is 512 g/mol. The maximum atomic E-state index is 13.3. The summed E-state index contributed by atoms with van der Waals surface area (Å²) in [7, 11) is 0. The van der Waals surface area contributed by atoms with Crippen LogP contribution < -0.4 is 15.8 Å². The van der Waals surface area contributed by atoms with E-state index in [0.29, 0.717) is 40.7 Å². The SMILES string of the molecule is C=CCn1c(=O)c2cnc(Nc3ccc(N4CC5(CCN(CC)CC5)C4)cc3)nc2n1-c1ccc2c(n1)C(C)CC2. The fourth-order valence-electron chi connectivity index (χ4n) is 6.86. The lowest BCUT2D eigenvalue weighted by Gasteiger charge is -2.55. The molecule has 7 rings (SSSR count). The van der Waals surface area contributed by atoms with E-state index in [0.717, 1.165) is 43.9 Å². The summed E-state index contributed by atoms with van der Waals surface area (Å²) in [5.41, 5.74) is 5.42. The summed E-state index contributed by atoms with van der Waals surface area (Å²) in [5, 5.41) is 3.80. The predicted molar refractivity (Wildman–Crippen MR) is 164 cm³/mol. The molecule has 9 heteroatoms. The molecule has 2 saturated heterocycles. The first kappa shape index (κ1) is 26.0. The summed E-state index contributed by atoms with van der Waals surface area (Å²) >= 11 is 0.